The fourth-order valence-electron chi connectivity index (χ4n) is 4.23. The number of nitrogens with zero attached hydrogens (tertiary/aromatic N) is 4. The lowest BCUT2D eigenvalue weighted by atomic mass is 10.0. The number of alkyl halides is 3. The minimum Gasteiger partial charge on any atom is -0.384 e. The molecule has 0 radical (unpaired) electrons. The van der Waals surface area contributed by atoms with Crippen LogP contribution in [0.5, 0.6) is 0 Å². The van der Waals surface area contributed by atoms with Crippen molar-refractivity contribution in [2.75, 3.05) is 18.8 Å². The number of pyridine rings is 2. The zero-order chi connectivity index (χ0) is 23.9. The second-order valence-electron chi connectivity index (χ2n) is 8.81. The number of halogens is 4. The van der Waals surface area contributed by atoms with Gasteiger partial charge in [0.05, 0.1) is 29.2 Å². The predicted molar refractivity (Wildman–Crippen MR) is 119 cm³/mol. The van der Waals surface area contributed by atoms with Crippen molar-refractivity contribution in [3.05, 3.63) is 35.0 Å². The van der Waals surface area contributed by atoms with Crippen LogP contribution in [0.3, 0.4) is 0 Å². The van der Waals surface area contributed by atoms with Crippen molar-refractivity contribution >= 4 is 16.7 Å². The lowest BCUT2D eigenvalue weighted by Gasteiger charge is -2.17. The molecule has 10 heteroatoms. The number of nitrogens with two attached hydrogens (primary N) is 1. The van der Waals surface area contributed by atoms with E-state index in [2.05, 4.69) is 27.3 Å². The molecule has 1 aliphatic carbocycles. The molecule has 5 rings (SSSR count). The lowest BCUT2D eigenvalue weighted by Crippen LogP contribution is -2.14. The van der Waals surface area contributed by atoms with Gasteiger partial charge in [0.25, 0.3) is 0 Å². The van der Waals surface area contributed by atoms with Crippen LogP contribution < -0.4 is 11.1 Å². The summed E-state index contributed by atoms with van der Waals surface area (Å²) in [5, 5.41) is 8.04. The molecule has 6 nitrogen and oxygen atoms in total. The second kappa shape index (κ2) is 8.89. The molecule has 0 aromatic carbocycles. The van der Waals surface area contributed by atoms with Gasteiger partial charge in [-0.2, -0.15) is 18.3 Å². The maximum atomic E-state index is 15.4. The molecule has 0 amide bonds. The average Bonchev–Trinajstić information content (AvgIpc) is 3.29. The van der Waals surface area contributed by atoms with E-state index in [-0.39, 0.29) is 28.8 Å². The average molecular weight is 465 g/mol. The fraction of sp³-hybridized carbons (Fsp3) is 0.522. The van der Waals surface area contributed by atoms with E-state index in [1.165, 1.54) is 32.6 Å². The number of aromatic nitrogens is 4. The fourth-order valence-corrected chi connectivity index (χ4v) is 4.23. The molecule has 3 aromatic rings. The Morgan fingerprint density at radius 1 is 1.21 bits per heavy atom. The molecule has 178 valence electrons. The Labute approximate surface area is 189 Å². The summed E-state index contributed by atoms with van der Waals surface area (Å²) in [4.78, 5) is 7.92. The lowest BCUT2D eigenvalue weighted by molar-refractivity contribution is -0.137. The largest absolute Gasteiger partial charge is 0.418 e. The Bertz CT molecular complexity index is 1160. The number of fused-ring (bicyclic) bond motifs is 1. The summed E-state index contributed by atoms with van der Waals surface area (Å²) in [6, 6.07) is 1.10. The molecule has 4 heterocycles. The molecule has 3 N–H and O–H groups in total. The van der Waals surface area contributed by atoms with Crippen molar-refractivity contribution in [3.8, 4) is 11.3 Å². The van der Waals surface area contributed by atoms with Crippen molar-refractivity contribution in [1.82, 2.24) is 25.1 Å². The maximum Gasteiger partial charge on any atom is 0.418 e. The highest BCUT2D eigenvalue weighted by atomic mass is 19.4. The van der Waals surface area contributed by atoms with E-state index < -0.39 is 23.1 Å². The highest BCUT2D eigenvalue weighted by Gasteiger charge is 2.38. The molecule has 33 heavy (non-hydrogen) atoms. The van der Waals surface area contributed by atoms with Crippen molar-refractivity contribution in [3.63, 3.8) is 0 Å². The van der Waals surface area contributed by atoms with Crippen LogP contribution in [0.1, 0.15) is 56.1 Å². The van der Waals surface area contributed by atoms with E-state index >= 15 is 4.39 Å². The zero-order valence-electron chi connectivity index (χ0n) is 18.9. The summed E-state index contributed by atoms with van der Waals surface area (Å²) in [5.41, 5.74) is 4.25. The number of nitrogens with one attached hydrogen (secondary N) is 1. The third kappa shape index (κ3) is 4.66. The molecule has 0 bridgehead atoms. The highest BCUT2D eigenvalue weighted by Crippen LogP contribution is 2.43. The summed E-state index contributed by atoms with van der Waals surface area (Å²) in [7, 11) is 0. The minimum atomic E-state index is -4.72. The number of hydrogen-bond acceptors (Lipinski definition) is 5. The predicted octanol–water partition coefficient (Wildman–Crippen LogP) is 5.05. The zero-order valence-corrected chi connectivity index (χ0v) is 18.9. The number of aryl methyl sites for hydroxylation is 2. The van der Waals surface area contributed by atoms with E-state index in [9.17, 15) is 13.2 Å². The van der Waals surface area contributed by atoms with Crippen LogP contribution in [0.4, 0.5) is 23.4 Å². The molecular weight excluding hydrogens is 436 g/mol. The standard InChI is InChI=1S/C18H17F4N5.C5H11N/c1-3-12-11-7-24-27(9-4-5-9)17(11)15(19)16(26-12)10-6-13(23)25-8(2)14(10)18(20,21)22;1-5-2-3-6-4-5/h6-7,9H,3-5H2,1-2H3,(H2,23,25);5-6H,2-4H2,1H3. The summed E-state index contributed by atoms with van der Waals surface area (Å²) in [6.45, 7) is 7.77. The maximum absolute atomic E-state index is 15.4. The van der Waals surface area contributed by atoms with Crippen LogP contribution in [-0.2, 0) is 12.6 Å². The van der Waals surface area contributed by atoms with E-state index in [1.807, 2.05) is 6.92 Å². The second-order valence-corrected chi connectivity index (χ2v) is 8.81. The molecule has 1 aliphatic heterocycles. The van der Waals surface area contributed by atoms with Gasteiger partial charge in [0, 0.05) is 10.9 Å². The Morgan fingerprint density at radius 2 is 1.94 bits per heavy atom. The van der Waals surface area contributed by atoms with E-state index in [1.54, 1.807) is 4.68 Å². The SMILES string of the molecule is CC1CCNC1.CCc1nc(-c2cc(N)nc(C)c2C(F)(F)F)c(F)c2c1cnn2C1CC1. The number of rotatable bonds is 3. The summed E-state index contributed by atoms with van der Waals surface area (Å²) in [5.74, 6) is -0.00218. The van der Waals surface area contributed by atoms with Crippen molar-refractivity contribution in [2.45, 2.75) is 58.7 Å². The van der Waals surface area contributed by atoms with Gasteiger partial charge < -0.3 is 11.1 Å². The first-order chi connectivity index (χ1) is 15.6. The quantitative estimate of drug-likeness (QED) is 0.530. The molecule has 1 atom stereocenters. The van der Waals surface area contributed by atoms with Gasteiger partial charge in [-0.05, 0) is 57.7 Å². The number of anilines is 1. The first-order valence-corrected chi connectivity index (χ1v) is 11.2. The van der Waals surface area contributed by atoms with Crippen molar-refractivity contribution in [2.24, 2.45) is 5.92 Å². The Morgan fingerprint density at radius 3 is 2.45 bits per heavy atom. The first-order valence-electron chi connectivity index (χ1n) is 11.2. The molecule has 0 spiro atoms. The van der Waals surface area contributed by atoms with Gasteiger partial charge in [0.1, 0.15) is 17.0 Å². The Hall–Kier alpha value is -2.75. The van der Waals surface area contributed by atoms with Gasteiger partial charge in [-0.1, -0.05) is 13.8 Å². The van der Waals surface area contributed by atoms with E-state index in [4.69, 9.17) is 5.73 Å². The normalized spacial score (nSPS) is 18.5. The molecule has 1 saturated heterocycles. The van der Waals surface area contributed by atoms with Crippen LogP contribution in [-0.4, -0.2) is 32.8 Å². The van der Waals surface area contributed by atoms with Crippen molar-refractivity contribution < 1.29 is 17.6 Å². The van der Waals surface area contributed by atoms with Gasteiger partial charge in [0.2, 0.25) is 0 Å². The molecule has 3 aromatic heterocycles. The molecule has 1 unspecified atom stereocenters. The molecular formula is C23H28F4N6. The van der Waals surface area contributed by atoms with Crippen LogP contribution >= 0.6 is 0 Å². The van der Waals surface area contributed by atoms with Gasteiger partial charge in [-0.15, -0.1) is 0 Å². The van der Waals surface area contributed by atoms with E-state index in [0.29, 0.717) is 17.5 Å². The van der Waals surface area contributed by atoms with Gasteiger partial charge in [-0.25, -0.2) is 14.4 Å². The van der Waals surface area contributed by atoms with Crippen molar-refractivity contribution in [1.29, 1.82) is 0 Å². The van der Waals surface area contributed by atoms with Crippen LogP contribution in [0, 0.1) is 18.7 Å². The first kappa shape index (κ1) is 23.4. The molecule has 1 saturated carbocycles. The Balaban J connectivity index is 0.000000376. The third-order valence-electron chi connectivity index (χ3n) is 6.06. The minimum absolute atomic E-state index is 0.0725. The summed E-state index contributed by atoms with van der Waals surface area (Å²) in [6.07, 6.45) is 0.353. The van der Waals surface area contributed by atoms with Gasteiger partial charge in [0.15, 0.2) is 5.82 Å². The molecule has 2 aliphatic rings. The van der Waals surface area contributed by atoms with Gasteiger partial charge in [-0.3, -0.25) is 4.68 Å². The summed E-state index contributed by atoms with van der Waals surface area (Å²) >= 11 is 0. The Kier molecular flexibility index (Phi) is 6.30. The molecule has 2 fully saturated rings. The summed E-state index contributed by atoms with van der Waals surface area (Å²) < 4.78 is 58.0. The highest BCUT2D eigenvalue weighted by molar-refractivity contribution is 5.87. The van der Waals surface area contributed by atoms with Gasteiger partial charge >= 0.3 is 6.18 Å². The topological polar surface area (TPSA) is 81.7 Å². The smallest absolute Gasteiger partial charge is 0.384 e. The monoisotopic (exact) mass is 464 g/mol. The van der Waals surface area contributed by atoms with Crippen LogP contribution in [0.15, 0.2) is 12.3 Å². The number of hydrogen-bond donors (Lipinski definition) is 2. The van der Waals surface area contributed by atoms with Crippen LogP contribution in [0.2, 0.25) is 0 Å². The third-order valence-corrected chi connectivity index (χ3v) is 6.06. The van der Waals surface area contributed by atoms with Crippen LogP contribution in [0.25, 0.3) is 22.2 Å². The van der Waals surface area contributed by atoms with E-state index in [0.717, 1.165) is 24.8 Å². The number of nitrogen functional groups attached to an aromatic ring is 1.